The molecular formula is C15H24N2O. The van der Waals surface area contributed by atoms with Gasteiger partial charge in [0.2, 0.25) is 0 Å². The molecule has 3 unspecified atom stereocenters. The first-order valence-corrected chi connectivity index (χ1v) is 7.40. The highest BCUT2D eigenvalue weighted by Crippen LogP contribution is 2.35. The average molecular weight is 248 g/mol. The van der Waals surface area contributed by atoms with Gasteiger partial charge in [0.25, 0.3) is 0 Å². The fraction of sp³-hybridized carbons (Fsp3) is 0.733. The summed E-state index contributed by atoms with van der Waals surface area (Å²) in [7, 11) is 0. The third kappa shape index (κ3) is 2.10. The smallest absolute Gasteiger partial charge is 0.0747 e. The topological polar surface area (TPSA) is 51.2 Å². The molecule has 2 aliphatic rings. The fourth-order valence-electron chi connectivity index (χ4n) is 3.66. The summed E-state index contributed by atoms with van der Waals surface area (Å²) in [6, 6.07) is 2.66. The quantitative estimate of drug-likeness (QED) is 0.751. The van der Waals surface area contributed by atoms with Crippen molar-refractivity contribution in [3.63, 3.8) is 0 Å². The molecule has 3 heteroatoms. The Morgan fingerprint density at radius 1 is 1.11 bits per heavy atom. The zero-order chi connectivity index (χ0) is 12.5. The molecule has 0 aliphatic heterocycles. The number of nitrogens with two attached hydrogens (primary N) is 1. The summed E-state index contributed by atoms with van der Waals surface area (Å²) < 4.78 is 2.34. The molecule has 3 nitrogen and oxygen atoms in total. The van der Waals surface area contributed by atoms with E-state index in [0.717, 1.165) is 25.7 Å². The molecule has 0 radical (unpaired) electrons. The summed E-state index contributed by atoms with van der Waals surface area (Å²) in [5, 5.41) is 10.3. The lowest BCUT2D eigenvalue weighted by atomic mass is 9.93. The van der Waals surface area contributed by atoms with Crippen LogP contribution in [0.25, 0.3) is 0 Å². The Kier molecular flexibility index (Phi) is 3.44. The molecule has 1 aromatic rings. The Bertz CT molecular complexity index is 413. The molecule has 0 aromatic carbocycles. The van der Waals surface area contributed by atoms with Gasteiger partial charge < -0.3 is 15.4 Å². The minimum Gasteiger partial charge on any atom is -0.391 e. The van der Waals surface area contributed by atoms with E-state index in [2.05, 4.69) is 16.8 Å². The summed E-state index contributed by atoms with van der Waals surface area (Å²) in [4.78, 5) is 0. The maximum atomic E-state index is 10.3. The van der Waals surface area contributed by atoms with E-state index < -0.39 is 0 Å². The maximum absolute atomic E-state index is 10.3. The van der Waals surface area contributed by atoms with E-state index in [0.29, 0.717) is 0 Å². The van der Waals surface area contributed by atoms with Crippen LogP contribution in [-0.2, 0) is 6.42 Å². The van der Waals surface area contributed by atoms with E-state index in [1.54, 1.807) is 0 Å². The Morgan fingerprint density at radius 2 is 1.94 bits per heavy atom. The van der Waals surface area contributed by atoms with Crippen LogP contribution in [0.4, 0.5) is 0 Å². The molecule has 1 heterocycles. The van der Waals surface area contributed by atoms with Crippen LogP contribution < -0.4 is 5.73 Å². The van der Waals surface area contributed by atoms with Gasteiger partial charge in [0.05, 0.1) is 12.1 Å². The Balaban J connectivity index is 1.91. The van der Waals surface area contributed by atoms with Crippen LogP contribution in [0.1, 0.15) is 68.3 Å². The van der Waals surface area contributed by atoms with E-state index in [1.165, 1.54) is 36.9 Å². The SMILES string of the molecule is NC1CCCc2c1ccn2C1CCCCCC1O. The van der Waals surface area contributed by atoms with Crippen molar-refractivity contribution >= 4 is 0 Å². The molecule has 18 heavy (non-hydrogen) atoms. The zero-order valence-corrected chi connectivity index (χ0v) is 11.0. The number of aliphatic hydroxyl groups is 1. The predicted octanol–water partition coefficient (Wildman–Crippen LogP) is 2.69. The van der Waals surface area contributed by atoms with Crippen LogP contribution in [0.5, 0.6) is 0 Å². The van der Waals surface area contributed by atoms with Crippen LogP contribution >= 0.6 is 0 Å². The molecule has 0 spiro atoms. The van der Waals surface area contributed by atoms with Crippen LogP contribution in [0, 0.1) is 0 Å². The molecule has 3 atom stereocenters. The molecule has 0 amide bonds. The maximum Gasteiger partial charge on any atom is 0.0747 e. The van der Waals surface area contributed by atoms with Crippen molar-refractivity contribution in [2.75, 3.05) is 0 Å². The van der Waals surface area contributed by atoms with E-state index >= 15 is 0 Å². The minimum atomic E-state index is -0.179. The van der Waals surface area contributed by atoms with Gasteiger partial charge in [-0.2, -0.15) is 0 Å². The molecular weight excluding hydrogens is 224 g/mol. The van der Waals surface area contributed by atoms with Crippen molar-refractivity contribution < 1.29 is 5.11 Å². The van der Waals surface area contributed by atoms with Gasteiger partial charge in [0, 0.05) is 17.9 Å². The molecule has 1 aromatic heterocycles. The van der Waals surface area contributed by atoms with Crippen LogP contribution in [0.15, 0.2) is 12.3 Å². The second-order valence-corrected chi connectivity index (χ2v) is 5.90. The minimum absolute atomic E-state index is 0.179. The van der Waals surface area contributed by atoms with Gasteiger partial charge in [-0.3, -0.25) is 0 Å². The van der Waals surface area contributed by atoms with Gasteiger partial charge in [-0.25, -0.2) is 0 Å². The molecule has 1 fully saturated rings. The number of rotatable bonds is 1. The van der Waals surface area contributed by atoms with Crippen molar-refractivity contribution in [3.8, 4) is 0 Å². The highest BCUT2D eigenvalue weighted by atomic mass is 16.3. The standard InChI is InChI=1S/C15H24N2O/c16-12-5-4-7-13-11(12)9-10-17(13)14-6-2-1-3-8-15(14)18/h9-10,12,14-15,18H,1-8,16H2. The molecule has 0 bridgehead atoms. The Hall–Kier alpha value is -0.800. The first kappa shape index (κ1) is 12.2. The van der Waals surface area contributed by atoms with Gasteiger partial charge in [-0.15, -0.1) is 0 Å². The first-order valence-electron chi connectivity index (χ1n) is 7.40. The number of nitrogens with zero attached hydrogens (tertiary/aromatic N) is 1. The second-order valence-electron chi connectivity index (χ2n) is 5.90. The van der Waals surface area contributed by atoms with Crippen molar-refractivity contribution in [2.45, 2.75) is 69.6 Å². The van der Waals surface area contributed by atoms with Crippen molar-refractivity contribution in [1.82, 2.24) is 4.57 Å². The van der Waals surface area contributed by atoms with Gasteiger partial charge >= 0.3 is 0 Å². The Morgan fingerprint density at radius 3 is 2.83 bits per heavy atom. The van der Waals surface area contributed by atoms with E-state index in [1.807, 2.05) is 0 Å². The number of aliphatic hydroxyl groups excluding tert-OH is 1. The highest BCUT2D eigenvalue weighted by molar-refractivity contribution is 5.29. The largest absolute Gasteiger partial charge is 0.391 e. The van der Waals surface area contributed by atoms with Crippen LogP contribution in [0.2, 0.25) is 0 Å². The highest BCUT2D eigenvalue weighted by Gasteiger charge is 2.28. The van der Waals surface area contributed by atoms with E-state index in [9.17, 15) is 5.11 Å². The lowest BCUT2D eigenvalue weighted by Crippen LogP contribution is -2.26. The summed E-state index contributed by atoms with van der Waals surface area (Å²) in [5.41, 5.74) is 8.88. The predicted molar refractivity (Wildman–Crippen MR) is 72.4 cm³/mol. The van der Waals surface area contributed by atoms with Gasteiger partial charge in [-0.1, -0.05) is 19.3 Å². The summed E-state index contributed by atoms with van der Waals surface area (Å²) in [5.74, 6) is 0. The Labute approximate surface area is 109 Å². The summed E-state index contributed by atoms with van der Waals surface area (Å²) >= 11 is 0. The van der Waals surface area contributed by atoms with Gasteiger partial charge in [0.1, 0.15) is 0 Å². The van der Waals surface area contributed by atoms with E-state index in [-0.39, 0.29) is 18.2 Å². The number of hydrogen-bond acceptors (Lipinski definition) is 2. The van der Waals surface area contributed by atoms with Crippen molar-refractivity contribution in [3.05, 3.63) is 23.5 Å². The average Bonchev–Trinajstić information content (AvgIpc) is 2.68. The molecule has 100 valence electrons. The van der Waals surface area contributed by atoms with Gasteiger partial charge in [0.15, 0.2) is 0 Å². The molecule has 2 aliphatic carbocycles. The fourth-order valence-corrected chi connectivity index (χ4v) is 3.66. The van der Waals surface area contributed by atoms with E-state index in [4.69, 9.17) is 5.73 Å². The third-order valence-electron chi connectivity index (χ3n) is 4.69. The van der Waals surface area contributed by atoms with Gasteiger partial charge in [-0.05, 0) is 43.7 Å². The second kappa shape index (κ2) is 5.06. The first-order chi connectivity index (χ1) is 8.77. The normalized spacial score (nSPS) is 32.9. The molecule has 3 N–H and O–H groups in total. The van der Waals surface area contributed by atoms with Crippen molar-refractivity contribution in [1.29, 1.82) is 0 Å². The summed E-state index contributed by atoms with van der Waals surface area (Å²) in [6.07, 6.45) is 11.1. The molecule has 3 rings (SSSR count). The van der Waals surface area contributed by atoms with Crippen LogP contribution in [-0.4, -0.2) is 15.8 Å². The monoisotopic (exact) mass is 248 g/mol. The lowest BCUT2D eigenvalue weighted by molar-refractivity contribution is 0.104. The number of fused-ring (bicyclic) bond motifs is 1. The summed E-state index contributed by atoms with van der Waals surface area (Å²) in [6.45, 7) is 0. The van der Waals surface area contributed by atoms with Crippen LogP contribution in [0.3, 0.4) is 0 Å². The molecule has 1 saturated carbocycles. The lowest BCUT2D eigenvalue weighted by Gasteiger charge is -2.28. The molecule has 0 saturated heterocycles. The zero-order valence-electron chi connectivity index (χ0n) is 11.0. The number of hydrogen-bond donors (Lipinski definition) is 2. The third-order valence-corrected chi connectivity index (χ3v) is 4.69. The van der Waals surface area contributed by atoms with Crippen molar-refractivity contribution in [2.24, 2.45) is 5.73 Å². The number of aromatic nitrogens is 1.